The Morgan fingerprint density at radius 1 is 1.00 bits per heavy atom. The Hall–Kier alpha value is -3.28. The molecule has 0 atom stereocenters. The molecule has 3 rings (SSSR count). The van der Waals surface area contributed by atoms with Crippen molar-refractivity contribution < 1.29 is 4.79 Å². The van der Waals surface area contributed by atoms with Gasteiger partial charge in [0.05, 0.1) is 12.2 Å². The van der Waals surface area contributed by atoms with E-state index in [4.69, 9.17) is 0 Å². The van der Waals surface area contributed by atoms with E-state index >= 15 is 0 Å². The van der Waals surface area contributed by atoms with E-state index < -0.39 is 0 Å². The Bertz CT molecular complexity index is 860. The number of hydrogen-bond acceptors (Lipinski definition) is 5. The second-order valence-corrected chi connectivity index (χ2v) is 5.77. The molecule has 0 bridgehead atoms. The maximum atomic E-state index is 12.3. The summed E-state index contributed by atoms with van der Waals surface area (Å²) in [6, 6.07) is 13.3. The fourth-order valence-electron chi connectivity index (χ4n) is 2.49. The number of aromatic nitrogens is 3. The Kier molecular flexibility index (Phi) is 4.99. The molecule has 126 valence electrons. The molecule has 25 heavy (non-hydrogen) atoms. The third kappa shape index (κ3) is 4.60. The molecule has 2 N–H and O–H groups in total. The highest BCUT2D eigenvalue weighted by atomic mass is 16.1. The third-order valence-electron chi connectivity index (χ3n) is 3.52. The van der Waals surface area contributed by atoms with E-state index in [0.29, 0.717) is 18.2 Å². The number of nitrogens with zero attached hydrogens (tertiary/aromatic N) is 3. The standard InChI is InChI=1S/C19H19N5O/c1-13-9-14(2)11-16(10-13)23-19-21-8-6-17(24-19)18(25)22-12-15-5-3-4-7-20-15/h3-11H,12H2,1-2H3,(H,22,25)(H,21,23,24). The maximum Gasteiger partial charge on any atom is 0.270 e. The summed E-state index contributed by atoms with van der Waals surface area (Å²) in [6.07, 6.45) is 3.26. The van der Waals surface area contributed by atoms with Crippen LogP contribution in [-0.4, -0.2) is 20.9 Å². The van der Waals surface area contributed by atoms with Crippen LogP contribution in [0.25, 0.3) is 0 Å². The highest BCUT2D eigenvalue weighted by Crippen LogP contribution is 2.17. The molecule has 2 heterocycles. The van der Waals surface area contributed by atoms with E-state index in [2.05, 4.69) is 31.7 Å². The van der Waals surface area contributed by atoms with Gasteiger partial charge in [-0.15, -0.1) is 0 Å². The van der Waals surface area contributed by atoms with Gasteiger partial charge in [0.1, 0.15) is 5.69 Å². The van der Waals surface area contributed by atoms with Crippen molar-refractivity contribution in [1.29, 1.82) is 0 Å². The number of hydrogen-bond donors (Lipinski definition) is 2. The van der Waals surface area contributed by atoms with Crippen LogP contribution < -0.4 is 10.6 Å². The van der Waals surface area contributed by atoms with E-state index in [1.54, 1.807) is 18.5 Å². The lowest BCUT2D eigenvalue weighted by Crippen LogP contribution is -2.24. The largest absolute Gasteiger partial charge is 0.345 e. The zero-order valence-corrected chi connectivity index (χ0v) is 14.2. The molecule has 1 aromatic carbocycles. The number of carbonyl (C=O) groups excluding carboxylic acids is 1. The van der Waals surface area contributed by atoms with Crippen LogP contribution in [0.15, 0.2) is 54.9 Å². The SMILES string of the molecule is Cc1cc(C)cc(Nc2nccc(C(=O)NCc3ccccn3)n2)c1. The first-order valence-corrected chi connectivity index (χ1v) is 7.96. The van der Waals surface area contributed by atoms with Crippen molar-refractivity contribution in [3.63, 3.8) is 0 Å². The Labute approximate surface area is 146 Å². The summed E-state index contributed by atoms with van der Waals surface area (Å²) in [5.74, 6) is 0.118. The van der Waals surface area contributed by atoms with Crippen LogP contribution in [0.3, 0.4) is 0 Å². The molecule has 6 nitrogen and oxygen atoms in total. The van der Waals surface area contributed by atoms with E-state index in [9.17, 15) is 4.79 Å². The molecule has 0 aliphatic heterocycles. The molecule has 0 fully saturated rings. The number of amides is 1. The van der Waals surface area contributed by atoms with Gasteiger partial charge in [0.25, 0.3) is 5.91 Å². The molecule has 6 heteroatoms. The Morgan fingerprint density at radius 2 is 1.80 bits per heavy atom. The van der Waals surface area contributed by atoms with E-state index in [-0.39, 0.29) is 5.91 Å². The van der Waals surface area contributed by atoms with Gasteiger partial charge in [0, 0.05) is 18.1 Å². The van der Waals surface area contributed by atoms with E-state index in [1.807, 2.05) is 44.2 Å². The predicted molar refractivity (Wildman–Crippen MR) is 96.6 cm³/mol. The molecule has 2 aromatic heterocycles. The second kappa shape index (κ2) is 7.53. The van der Waals surface area contributed by atoms with Crippen LogP contribution in [0.2, 0.25) is 0 Å². The first-order valence-electron chi connectivity index (χ1n) is 7.96. The van der Waals surface area contributed by atoms with Gasteiger partial charge in [-0.1, -0.05) is 12.1 Å². The fourth-order valence-corrected chi connectivity index (χ4v) is 2.49. The van der Waals surface area contributed by atoms with Crippen molar-refractivity contribution in [1.82, 2.24) is 20.3 Å². The lowest BCUT2D eigenvalue weighted by Gasteiger charge is -2.09. The zero-order chi connectivity index (χ0) is 17.6. The molecule has 0 radical (unpaired) electrons. The van der Waals surface area contributed by atoms with Crippen molar-refractivity contribution in [2.75, 3.05) is 5.32 Å². The average molecular weight is 333 g/mol. The summed E-state index contributed by atoms with van der Waals surface area (Å²) in [5, 5.41) is 5.95. The Morgan fingerprint density at radius 3 is 2.52 bits per heavy atom. The van der Waals surface area contributed by atoms with Crippen LogP contribution in [0.1, 0.15) is 27.3 Å². The van der Waals surface area contributed by atoms with Crippen molar-refractivity contribution in [3.05, 3.63) is 77.4 Å². The van der Waals surface area contributed by atoms with Crippen molar-refractivity contribution in [2.24, 2.45) is 0 Å². The Balaban J connectivity index is 1.69. The molecule has 0 unspecified atom stereocenters. The zero-order valence-electron chi connectivity index (χ0n) is 14.2. The first-order chi connectivity index (χ1) is 12.1. The molecular formula is C19H19N5O. The fraction of sp³-hybridized carbons (Fsp3) is 0.158. The second-order valence-electron chi connectivity index (χ2n) is 5.77. The van der Waals surface area contributed by atoms with E-state index in [0.717, 1.165) is 22.5 Å². The van der Waals surface area contributed by atoms with Gasteiger partial charge in [0.2, 0.25) is 5.95 Å². The van der Waals surface area contributed by atoms with Gasteiger partial charge in [-0.2, -0.15) is 0 Å². The summed E-state index contributed by atoms with van der Waals surface area (Å²) in [4.78, 5) is 24.9. The summed E-state index contributed by atoms with van der Waals surface area (Å²) in [6.45, 7) is 4.41. The van der Waals surface area contributed by atoms with Crippen molar-refractivity contribution in [2.45, 2.75) is 20.4 Å². The predicted octanol–water partition coefficient (Wildman–Crippen LogP) is 3.16. The smallest absolute Gasteiger partial charge is 0.270 e. The number of anilines is 2. The van der Waals surface area contributed by atoms with E-state index in [1.165, 1.54) is 0 Å². The normalized spacial score (nSPS) is 10.3. The number of nitrogens with one attached hydrogen (secondary N) is 2. The summed E-state index contributed by atoms with van der Waals surface area (Å²) < 4.78 is 0. The van der Waals surface area contributed by atoms with Gasteiger partial charge < -0.3 is 10.6 Å². The molecule has 0 aliphatic carbocycles. The number of carbonyl (C=O) groups is 1. The van der Waals surface area contributed by atoms with Gasteiger partial charge in [-0.05, 0) is 55.3 Å². The average Bonchev–Trinajstić information content (AvgIpc) is 2.60. The molecule has 1 amide bonds. The van der Waals surface area contributed by atoms with Crippen LogP contribution in [0.4, 0.5) is 11.6 Å². The lowest BCUT2D eigenvalue weighted by atomic mass is 10.1. The number of rotatable bonds is 5. The summed E-state index contributed by atoms with van der Waals surface area (Å²) >= 11 is 0. The number of benzene rings is 1. The minimum Gasteiger partial charge on any atom is -0.345 e. The van der Waals surface area contributed by atoms with Crippen LogP contribution in [0, 0.1) is 13.8 Å². The van der Waals surface area contributed by atoms with Crippen molar-refractivity contribution >= 4 is 17.5 Å². The summed E-state index contributed by atoms with van der Waals surface area (Å²) in [7, 11) is 0. The van der Waals surface area contributed by atoms with Gasteiger partial charge in [-0.3, -0.25) is 9.78 Å². The molecular weight excluding hydrogens is 314 g/mol. The number of aryl methyl sites for hydroxylation is 2. The molecule has 0 aliphatic rings. The first kappa shape index (κ1) is 16.6. The lowest BCUT2D eigenvalue weighted by molar-refractivity contribution is 0.0945. The maximum absolute atomic E-state index is 12.3. The molecule has 0 saturated heterocycles. The van der Waals surface area contributed by atoms with Crippen molar-refractivity contribution in [3.8, 4) is 0 Å². The van der Waals surface area contributed by atoms with Crippen LogP contribution in [0.5, 0.6) is 0 Å². The highest BCUT2D eigenvalue weighted by Gasteiger charge is 2.09. The minimum atomic E-state index is -0.267. The molecule has 0 spiro atoms. The highest BCUT2D eigenvalue weighted by molar-refractivity contribution is 5.92. The van der Waals surface area contributed by atoms with Crippen LogP contribution in [-0.2, 0) is 6.54 Å². The quantitative estimate of drug-likeness (QED) is 0.750. The van der Waals surface area contributed by atoms with Gasteiger partial charge >= 0.3 is 0 Å². The molecule has 3 aromatic rings. The monoisotopic (exact) mass is 333 g/mol. The third-order valence-corrected chi connectivity index (χ3v) is 3.52. The van der Waals surface area contributed by atoms with Crippen LogP contribution >= 0.6 is 0 Å². The minimum absolute atomic E-state index is 0.267. The van der Waals surface area contributed by atoms with Gasteiger partial charge in [0.15, 0.2) is 0 Å². The summed E-state index contributed by atoms with van der Waals surface area (Å²) in [5.41, 5.74) is 4.28. The topological polar surface area (TPSA) is 79.8 Å². The molecule has 0 saturated carbocycles. The number of pyridine rings is 1. The van der Waals surface area contributed by atoms with Gasteiger partial charge in [-0.25, -0.2) is 9.97 Å².